The third-order valence-electron chi connectivity index (χ3n) is 12.1. The topological polar surface area (TPSA) is 37.3 Å². The maximum Gasteiger partial charge on any atom is 0.138 e. The van der Waals surface area contributed by atoms with Gasteiger partial charge in [-0.15, -0.1) is 0 Å². The molecule has 4 fully saturated rings. The number of allylic oxidation sites excluding steroid dienone is 2. The van der Waals surface area contributed by atoms with Crippen LogP contribution in [0.1, 0.15) is 120 Å². The summed E-state index contributed by atoms with van der Waals surface area (Å²) in [4.78, 5) is 12.8. The van der Waals surface area contributed by atoms with Gasteiger partial charge in [0.2, 0.25) is 0 Å². The summed E-state index contributed by atoms with van der Waals surface area (Å²) in [7, 11) is 0. The fraction of sp³-hybridized carbons (Fsp3) is 0.900. The largest absolute Gasteiger partial charge is 0.390 e. The summed E-state index contributed by atoms with van der Waals surface area (Å²) in [5.74, 6) is 2.90. The smallest absolute Gasteiger partial charge is 0.138 e. The number of aliphatic hydroxyl groups is 1. The van der Waals surface area contributed by atoms with Crippen LogP contribution >= 0.6 is 0 Å². The van der Waals surface area contributed by atoms with Crippen LogP contribution in [0.15, 0.2) is 11.6 Å². The Morgan fingerprint density at radius 1 is 0.969 bits per heavy atom. The molecule has 4 saturated carbocycles. The predicted molar refractivity (Wildman–Crippen MR) is 133 cm³/mol. The molecule has 0 amide bonds. The van der Waals surface area contributed by atoms with Crippen LogP contribution in [-0.2, 0) is 4.79 Å². The molecule has 0 heterocycles. The van der Waals surface area contributed by atoms with E-state index in [4.69, 9.17) is 0 Å². The van der Waals surface area contributed by atoms with Crippen LogP contribution in [0.25, 0.3) is 0 Å². The Bertz CT molecular complexity index is 787. The lowest BCUT2D eigenvalue weighted by Gasteiger charge is -2.66. The lowest BCUT2D eigenvalue weighted by molar-refractivity contribution is -0.191. The molecule has 0 aliphatic heterocycles. The van der Waals surface area contributed by atoms with E-state index in [1.807, 2.05) is 0 Å². The molecule has 0 aromatic heterocycles. The van der Waals surface area contributed by atoms with E-state index < -0.39 is 5.60 Å². The second kappa shape index (κ2) is 7.69. The summed E-state index contributed by atoms with van der Waals surface area (Å²) in [6.45, 7) is 18.6. The van der Waals surface area contributed by atoms with Crippen molar-refractivity contribution in [3.63, 3.8) is 0 Å². The summed E-state index contributed by atoms with van der Waals surface area (Å²) in [5.41, 5.74) is 1.42. The van der Waals surface area contributed by atoms with Gasteiger partial charge in [0.05, 0.1) is 5.60 Å². The molecule has 0 aromatic rings. The molecule has 8 atom stereocenters. The van der Waals surface area contributed by atoms with E-state index in [1.165, 1.54) is 44.1 Å². The first kappa shape index (κ1) is 24.5. The van der Waals surface area contributed by atoms with E-state index >= 15 is 0 Å². The van der Waals surface area contributed by atoms with Crippen molar-refractivity contribution in [1.82, 2.24) is 0 Å². The number of hydrogen-bond donors (Lipinski definition) is 1. The molecule has 0 bridgehead atoms. The first-order valence-corrected chi connectivity index (χ1v) is 13.6. The van der Waals surface area contributed by atoms with E-state index in [1.54, 1.807) is 0 Å². The second-order valence-electron chi connectivity index (χ2n) is 14.1. The Hall–Kier alpha value is -0.630. The second-order valence-corrected chi connectivity index (χ2v) is 14.1. The average molecular weight is 443 g/mol. The Morgan fingerprint density at radius 3 is 2.28 bits per heavy atom. The summed E-state index contributed by atoms with van der Waals surface area (Å²) in [5, 5.41) is 11.7. The highest BCUT2D eigenvalue weighted by Gasteiger charge is 2.68. The van der Waals surface area contributed by atoms with Crippen LogP contribution in [0, 0.1) is 45.3 Å². The number of ketones is 1. The quantitative estimate of drug-likeness (QED) is 0.452. The van der Waals surface area contributed by atoms with Crippen molar-refractivity contribution in [3.8, 4) is 0 Å². The summed E-state index contributed by atoms with van der Waals surface area (Å²) >= 11 is 0. The van der Waals surface area contributed by atoms with E-state index in [0.717, 1.165) is 37.5 Å². The van der Waals surface area contributed by atoms with Gasteiger partial charge >= 0.3 is 0 Å². The highest BCUT2D eigenvalue weighted by molar-refractivity contribution is 5.85. The molecular weight excluding hydrogens is 392 g/mol. The van der Waals surface area contributed by atoms with Crippen LogP contribution in [0.5, 0.6) is 0 Å². The van der Waals surface area contributed by atoms with Gasteiger partial charge in [0.25, 0.3) is 0 Å². The summed E-state index contributed by atoms with van der Waals surface area (Å²) < 4.78 is 0. The zero-order chi connectivity index (χ0) is 23.7. The number of carbonyl (C=O) groups excluding carboxylic acids is 1. The van der Waals surface area contributed by atoms with E-state index in [2.05, 4.69) is 61.5 Å². The molecule has 0 spiro atoms. The van der Waals surface area contributed by atoms with Gasteiger partial charge in [0, 0.05) is 11.8 Å². The molecule has 1 N–H and O–H groups in total. The lowest BCUT2D eigenvalue weighted by Crippen LogP contribution is -2.61. The minimum Gasteiger partial charge on any atom is -0.390 e. The van der Waals surface area contributed by atoms with E-state index in [0.29, 0.717) is 28.4 Å². The Balaban J connectivity index is 1.62. The molecule has 182 valence electrons. The van der Waals surface area contributed by atoms with Crippen LogP contribution in [0.2, 0.25) is 0 Å². The molecule has 2 nitrogen and oxygen atoms in total. The first-order valence-electron chi connectivity index (χ1n) is 13.6. The lowest BCUT2D eigenvalue weighted by atomic mass is 9.38. The number of carbonyl (C=O) groups is 1. The van der Waals surface area contributed by atoms with Gasteiger partial charge in [0.1, 0.15) is 5.78 Å². The Morgan fingerprint density at radius 2 is 1.62 bits per heavy atom. The maximum atomic E-state index is 12.8. The highest BCUT2D eigenvalue weighted by atomic mass is 16.3. The third-order valence-corrected chi connectivity index (χ3v) is 12.1. The van der Waals surface area contributed by atoms with Crippen LogP contribution in [-0.4, -0.2) is 16.5 Å². The average Bonchev–Trinajstić information content (AvgIpc) is 2.97. The van der Waals surface area contributed by atoms with Gasteiger partial charge in [-0.2, -0.15) is 0 Å². The van der Waals surface area contributed by atoms with Crippen molar-refractivity contribution in [3.05, 3.63) is 11.6 Å². The minimum atomic E-state index is -0.592. The van der Waals surface area contributed by atoms with Crippen molar-refractivity contribution in [1.29, 1.82) is 0 Å². The van der Waals surface area contributed by atoms with Crippen molar-refractivity contribution in [2.45, 2.75) is 125 Å². The molecule has 2 heteroatoms. The van der Waals surface area contributed by atoms with Crippen molar-refractivity contribution < 1.29 is 9.90 Å². The third kappa shape index (κ3) is 3.32. The van der Waals surface area contributed by atoms with Gasteiger partial charge in [-0.25, -0.2) is 0 Å². The minimum absolute atomic E-state index is 0.160. The molecule has 0 unspecified atom stereocenters. The molecule has 4 aliphatic carbocycles. The van der Waals surface area contributed by atoms with Gasteiger partial charge < -0.3 is 5.11 Å². The zero-order valence-corrected chi connectivity index (χ0v) is 22.3. The number of fused-ring (bicyclic) bond motifs is 5. The standard InChI is InChI=1S/C30H50O2/c1-20(2)10-9-16-30(8,32)24-14-19-28(6)22-11-12-23-26(3,4)25(31)15-17-27(23,5)21(22)13-18-29(24,28)7/h10,21-24,32H,9,11-19H2,1-8H3/t21-,22-,23-,24+,27+,28+,29-,30-/m0/s1. The van der Waals surface area contributed by atoms with E-state index in [9.17, 15) is 9.90 Å². The van der Waals surface area contributed by atoms with Crippen molar-refractivity contribution >= 4 is 5.78 Å². The van der Waals surface area contributed by atoms with Crippen LogP contribution < -0.4 is 0 Å². The summed E-state index contributed by atoms with van der Waals surface area (Å²) in [6.07, 6.45) is 13.5. The van der Waals surface area contributed by atoms with Crippen molar-refractivity contribution in [2.75, 3.05) is 0 Å². The van der Waals surface area contributed by atoms with Crippen LogP contribution in [0.4, 0.5) is 0 Å². The molecular formula is C30H50O2. The Labute approximate surface area is 198 Å². The Kier molecular flexibility index (Phi) is 5.89. The van der Waals surface area contributed by atoms with E-state index in [-0.39, 0.29) is 10.8 Å². The zero-order valence-electron chi connectivity index (χ0n) is 22.3. The fourth-order valence-corrected chi connectivity index (χ4v) is 10.1. The summed E-state index contributed by atoms with van der Waals surface area (Å²) in [6, 6.07) is 0. The molecule has 4 aliphatic rings. The monoisotopic (exact) mass is 442 g/mol. The number of Topliss-reactive ketones (excluding diaryl/α,β-unsaturated/α-hetero) is 1. The van der Waals surface area contributed by atoms with Gasteiger partial charge in [-0.3, -0.25) is 4.79 Å². The first-order chi connectivity index (χ1) is 14.7. The molecule has 0 radical (unpaired) electrons. The number of rotatable bonds is 4. The normalized spacial score (nSPS) is 47.1. The SMILES string of the molecule is CC(C)=CCC[C@](C)(O)[C@@H]1CC[C@]2(C)[C@H]3CC[C@H]4C(C)(C)C(=O)CC[C@]4(C)[C@H]3CC[C@@]12C. The van der Waals surface area contributed by atoms with Gasteiger partial charge in [-0.1, -0.05) is 46.3 Å². The number of hydrogen-bond acceptors (Lipinski definition) is 2. The molecule has 0 aromatic carbocycles. The van der Waals surface area contributed by atoms with Crippen LogP contribution in [0.3, 0.4) is 0 Å². The molecule has 4 rings (SSSR count). The van der Waals surface area contributed by atoms with Gasteiger partial charge in [0.15, 0.2) is 0 Å². The van der Waals surface area contributed by atoms with Gasteiger partial charge in [-0.05, 0) is 118 Å². The van der Waals surface area contributed by atoms with Crippen molar-refractivity contribution in [2.24, 2.45) is 45.3 Å². The highest BCUT2D eigenvalue weighted by Crippen LogP contribution is 2.74. The fourth-order valence-electron chi connectivity index (χ4n) is 10.1. The predicted octanol–water partition coefficient (Wildman–Crippen LogP) is 7.74. The molecule has 0 saturated heterocycles. The molecule has 32 heavy (non-hydrogen) atoms. The maximum absolute atomic E-state index is 12.8.